The molecule has 4 nitrogen and oxygen atoms in total. The van der Waals surface area contributed by atoms with Crippen LogP contribution in [0.2, 0.25) is 0 Å². The molecule has 0 saturated heterocycles. The number of thiazole rings is 2. The Morgan fingerprint density at radius 1 is 1.23 bits per heavy atom. The number of aryl methyl sites for hydroxylation is 1. The second-order valence-electron chi connectivity index (χ2n) is 4.63. The molecule has 0 unspecified atom stereocenters. The van der Waals surface area contributed by atoms with Gasteiger partial charge in [-0.2, -0.15) is 0 Å². The number of aromatic nitrogens is 2. The summed E-state index contributed by atoms with van der Waals surface area (Å²) in [6, 6.07) is 8.15. The lowest BCUT2D eigenvalue weighted by atomic mass is 10.1. The third-order valence-corrected chi connectivity index (χ3v) is 4.43. The van der Waals surface area contributed by atoms with Crippen molar-refractivity contribution in [3.8, 4) is 11.3 Å². The van der Waals surface area contributed by atoms with Gasteiger partial charge in [-0.15, -0.1) is 22.7 Å². The molecule has 0 atom stereocenters. The van der Waals surface area contributed by atoms with E-state index in [0.29, 0.717) is 5.13 Å². The zero-order valence-electron chi connectivity index (χ0n) is 11.8. The highest BCUT2D eigenvalue weighted by Crippen LogP contribution is 2.25. The molecule has 3 aromatic rings. The minimum absolute atomic E-state index is 0.196. The summed E-state index contributed by atoms with van der Waals surface area (Å²) in [5, 5.41) is 5.30. The molecule has 0 saturated carbocycles. The summed E-state index contributed by atoms with van der Waals surface area (Å²) >= 11 is 2.90. The smallest absolute Gasteiger partial charge is 0.250 e. The molecule has 1 aromatic carbocycles. The maximum Gasteiger partial charge on any atom is 0.250 e. The van der Waals surface area contributed by atoms with E-state index in [0.717, 1.165) is 16.1 Å². The molecular formula is C16H13N3OS2. The van der Waals surface area contributed by atoms with Crippen molar-refractivity contribution in [3.05, 3.63) is 57.9 Å². The first-order valence-corrected chi connectivity index (χ1v) is 8.37. The number of hydrogen-bond acceptors (Lipinski definition) is 5. The molecule has 22 heavy (non-hydrogen) atoms. The highest BCUT2D eigenvalue weighted by molar-refractivity contribution is 7.14. The van der Waals surface area contributed by atoms with Gasteiger partial charge in [-0.25, -0.2) is 4.98 Å². The predicted octanol–water partition coefficient (Wildman–Crippen LogP) is 4.23. The number of nitrogens with one attached hydrogen (secondary N) is 1. The molecule has 0 bridgehead atoms. The van der Waals surface area contributed by atoms with E-state index < -0.39 is 0 Å². The summed E-state index contributed by atoms with van der Waals surface area (Å²) in [5.74, 6) is -0.196. The number of carbonyl (C=O) groups is 1. The maximum absolute atomic E-state index is 11.9. The van der Waals surface area contributed by atoms with Crippen LogP contribution in [-0.2, 0) is 4.79 Å². The van der Waals surface area contributed by atoms with Gasteiger partial charge in [0, 0.05) is 28.1 Å². The molecule has 1 N–H and O–H groups in total. The monoisotopic (exact) mass is 327 g/mol. The number of amides is 1. The average molecular weight is 327 g/mol. The van der Waals surface area contributed by atoms with E-state index in [1.807, 2.05) is 36.6 Å². The topological polar surface area (TPSA) is 54.9 Å². The quantitative estimate of drug-likeness (QED) is 0.730. The molecule has 3 rings (SSSR count). The van der Waals surface area contributed by atoms with Crippen molar-refractivity contribution >= 4 is 39.8 Å². The molecule has 0 aliphatic carbocycles. The maximum atomic E-state index is 11.9. The molecule has 0 aliphatic heterocycles. The van der Waals surface area contributed by atoms with E-state index in [1.54, 1.807) is 17.8 Å². The summed E-state index contributed by atoms with van der Waals surface area (Å²) in [6.45, 7) is 2.05. The van der Waals surface area contributed by atoms with E-state index in [1.165, 1.54) is 34.3 Å². The SMILES string of the molecule is Cc1ccc(-c2csc(NC(=O)/C=C/c3cncs3)n2)cc1. The molecule has 0 spiro atoms. The Hall–Kier alpha value is -2.31. The Bertz CT molecular complexity index is 789. The van der Waals surface area contributed by atoms with Crippen LogP contribution < -0.4 is 5.32 Å². The lowest BCUT2D eigenvalue weighted by Crippen LogP contribution is -2.07. The van der Waals surface area contributed by atoms with E-state index in [2.05, 4.69) is 15.3 Å². The van der Waals surface area contributed by atoms with Crippen LogP contribution in [0.25, 0.3) is 17.3 Å². The van der Waals surface area contributed by atoms with Crippen LogP contribution in [0.4, 0.5) is 5.13 Å². The van der Waals surface area contributed by atoms with Gasteiger partial charge in [0.2, 0.25) is 5.91 Å². The van der Waals surface area contributed by atoms with Gasteiger partial charge in [0.15, 0.2) is 5.13 Å². The van der Waals surface area contributed by atoms with E-state index >= 15 is 0 Å². The van der Waals surface area contributed by atoms with Crippen LogP contribution in [0.5, 0.6) is 0 Å². The summed E-state index contributed by atoms with van der Waals surface area (Å²) < 4.78 is 0. The molecule has 1 amide bonds. The van der Waals surface area contributed by atoms with Gasteiger partial charge in [0.05, 0.1) is 11.2 Å². The number of hydrogen-bond donors (Lipinski definition) is 1. The Kier molecular flexibility index (Phi) is 4.41. The third-order valence-electron chi connectivity index (χ3n) is 2.93. The Morgan fingerprint density at radius 3 is 2.77 bits per heavy atom. The normalized spacial score (nSPS) is 11.0. The van der Waals surface area contributed by atoms with Crippen molar-refractivity contribution in [3.63, 3.8) is 0 Å². The van der Waals surface area contributed by atoms with Crippen LogP contribution in [-0.4, -0.2) is 15.9 Å². The fraction of sp³-hybridized carbons (Fsp3) is 0.0625. The Balaban J connectivity index is 1.66. The standard InChI is InChI=1S/C16H13N3OS2/c1-11-2-4-12(5-3-11)14-9-21-16(18-14)19-15(20)7-6-13-8-17-10-22-13/h2-10H,1H3,(H,18,19,20)/b7-6+. The minimum Gasteiger partial charge on any atom is -0.298 e. The molecule has 2 heterocycles. The average Bonchev–Trinajstić information content (AvgIpc) is 3.17. The van der Waals surface area contributed by atoms with Crippen molar-refractivity contribution in [2.75, 3.05) is 5.32 Å². The summed E-state index contributed by atoms with van der Waals surface area (Å²) in [6.07, 6.45) is 4.94. The van der Waals surface area contributed by atoms with Crippen LogP contribution in [0.15, 0.2) is 47.4 Å². The highest BCUT2D eigenvalue weighted by atomic mass is 32.1. The fourth-order valence-electron chi connectivity index (χ4n) is 1.80. The van der Waals surface area contributed by atoms with Crippen LogP contribution in [0, 0.1) is 6.92 Å². The van der Waals surface area contributed by atoms with E-state index in [4.69, 9.17) is 0 Å². The first-order chi connectivity index (χ1) is 10.7. The predicted molar refractivity (Wildman–Crippen MR) is 92.1 cm³/mol. The van der Waals surface area contributed by atoms with Gasteiger partial charge >= 0.3 is 0 Å². The van der Waals surface area contributed by atoms with Crippen LogP contribution in [0.3, 0.4) is 0 Å². The summed E-state index contributed by atoms with van der Waals surface area (Å²) in [7, 11) is 0. The van der Waals surface area contributed by atoms with Gasteiger partial charge in [0.1, 0.15) is 0 Å². The molecule has 0 aliphatic rings. The largest absolute Gasteiger partial charge is 0.298 e. The van der Waals surface area contributed by atoms with Gasteiger partial charge in [-0.3, -0.25) is 15.1 Å². The van der Waals surface area contributed by atoms with Crippen LogP contribution >= 0.6 is 22.7 Å². The van der Waals surface area contributed by atoms with E-state index in [-0.39, 0.29) is 5.91 Å². The van der Waals surface area contributed by atoms with Gasteiger partial charge in [0.25, 0.3) is 0 Å². The summed E-state index contributed by atoms with van der Waals surface area (Å²) in [4.78, 5) is 21.2. The number of rotatable bonds is 4. The second kappa shape index (κ2) is 6.64. The van der Waals surface area contributed by atoms with Crippen molar-refractivity contribution < 1.29 is 4.79 Å². The van der Waals surface area contributed by atoms with Crippen molar-refractivity contribution in [2.24, 2.45) is 0 Å². The molecule has 0 fully saturated rings. The molecule has 110 valence electrons. The zero-order chi connectivity index (χ0) is 15.4. The number of nitrogens with zero attached hydrogens (tertiary/aromatic N) is 2. The summed E-state index contributed by atoms with van der Waals surface area (Å²) in [5.41, 5.74) is 4.85. The van der Waals surface area contributed by atoms with Gasteiger partial charge < -0.3 is 0 Å². The minimum atomic E-state index is -0.196. The molecule has 2 aromatic heterocycles. The lowest BCUT2D eigenvalue weighted by molar-refractivity contribution is -0.111. The zero-order valence-corrected chi connectivity index (χ0v) is 13.4. The first kappa shape index (κ1) is 14.6. The first-order valence-electron chi connectivity index (χ1n) is 6.61. The third kappa shape index (κ3) is 3.66. The molecular weight excluding hydrogens is 314 g/mol. The van der Waals surface area contributed by atoms with Gasteiger partial charge in [-0.1, -0.05) is 29.8 Å². The van der Waals surface area contributed by atoms with Crippen molar-refractivity contribution in [1.29, 1.82) is 0 Å². The van der Waals surface area contributed by atoms with Gasteiger partial charge in [-0.05, 0) is 13.0 Å². The lowest BCUT2D eigenvalue weighted by Gasteiger charge is -1.98. The second-order valence-corrected chi connectivity index (χ2v) is 6.41. The number of anilines is 1. The highest BCUT2D eigenvalue weighted by Gasteiger charge is 2.06. The number of benzene rings is 1. The fourth-order valence-corrected chi connectivity index (χ4v) is 3.04. The van der Waals surface area contributed by atoms with Crippen LogP contribution in [0.1, 0.15) is 10.4 Å². The van der Waals surface area contributed by atoms with E-state index in [9.17, 15) is 4.79 Å². The Labute approximate surface area is 136 Å². The van der Waals surface area contributed by atoms with Crippen molar-refractivity contribution in [1.82, 2.24) is 9.97 Å². The van der Waals surface area contributed by atoms with Crippen molar-refractivity contribution in [2.45, 2.75) is 6.92 Å². The number of carbonyl (C=O) groups excluding carboxylic acids is 1. The Morgan fingerprint density at radius 2 is 2.05 bits per heavy atom. The molecule has 0 radical (unpaired) electrons. The molecule has 6 heteroatoms.